The normalized spacial score (nSPS) is 12.1. The van der Waals surface area contributed by atoms with E-state index in [1.54, 1.807) is 24.4 Å². The number of aromatic nitrogens is 1. The van der Waals surface area contributed by atoms with Crippen LogP contribution in [-0.2, 0) is 4.79 Å². The minimum absolute atomic E-state index is 0.0333. The Hall–Kier alpha value is -4.49. The molecule has 1 unspecified atom stereocenters. The summed E-state index contributed by atoms with van der Waals surface area (Å²) in [6, 6.07) is 24.9. The number of rotatable bonds is 11. The Morgan fingerprint density at radius 3 is 2.15 bits per heavy atom. The Bertz CT molecular complexity index is 1480. The number of carboxylic acid groups (broad SMARTS) is 1. The van der Waals surface area contributed by atoms with Gasteiger partial charge in [-0.3, -0.25) is 9.59 Å². The van der Waals surface area contributed by atoms with Gasteiger partial charge >= 0.3 is 5.97 Å². The van der Waals surface area contributed by atoms with Gasteiger partial charge in [0.05, 0.1) is 17.4 Å². The van der Waals surface area contributed by atoms with Crippen molar-refractivity contribution in [2.45, 2.75) is 45.1 Å². The minimum atomic E-state index is -0.913. The number of nitrogens with one attached hydrogen (secondary N) is 1. The molecule has 1 atom stereocenters. The molecule has 0 aliphatic rings. The van der Waals surface area contributed by atoms with Gasteiger partial charge in [-0.2, -0.15) is 0 Å². The van der Waals surface area contributed by atoms with E-state index in [2.05, 4.69) is 5.32 Å². The Labute approximate surface area is 233 Å². The summed E-state index contributed by atoms with van der Waals surface area (Å²) in [5.41, 5.74) is 4.75. The molecule has 3 aromatic carbocycles. The van der Waals surface area contributed by atoms with E-state index in [-0.39, 0.29) is 30.5 Å². The first-order chi connectivity index (χ1) is 19.3. The number of anilines is 1. The third-order valence-corrected chi connectivity index (χ3v) is 6.58. The fourth-order valence-electron chi connectivity index (χ4n) is 4.80. The summed E-state index contributed by atoms with van der Waals surface area (Å²) >= 11 is 0. The fraction of sp³-hybridized carbons (Fsp3) is 0.212. The van der Waals surface area contributed by atoms with Gasteiger partial charge < -0.3 is 20.1 Å². The Kier molecular flexibility index (Phi) is 9.30. The number of halogens is 1. The molecule has 0 bridgehead atoms. The van der Waals surface area contributed by atoms with E-state index in [0.717, 1.165) is 11.3 Å². The second-order valence-corrected chi connectivity index (χ2v) is 9.90. The van der Waals surface area contributed by atoms with Crippen molar-refractivity contribution in [2.24, 2.45) is 0 Å². The third kappa shape index (κ3) is 6.74. The molecule has 0 saturated heterocycles. The van der Waals surface area contributed by atoms with Crippen molar-refractivity contribution in [2.75, 3.05) is 5.32 Å². The lowest BCUT2D eigenvalue weighted by atomic mass is 9.94. The predicted molar refractivity (Wildman–Crippen MR) is 157 cm³/mol. The van der Waals surface area contributed by atoms with E-state index in [9.17, 15) is 19.1 Å². The van der Waals surface area contributed by atoms with Crippen LogP contribution in [0.1, 0.15) is 55.1 Å². The Morgan fingerprint density at radius 2 is 1.55 bits per heavy atom. The molecular formula is C33H33FN2O4. The standard InChI is InChI=1S/C33H33FN2O4/c1-22(2)31-30(33(40)35-26-12-7-4-8-13-26)29(23-10-5-3-6-11-23)32(24-16-18-25(34)19-17-24)36(31)21-20-27(37)14-9-15-28(38)39/h3-8,10-13,16-22,27,37H,9,14-15H2,1-2H3,(H,35,40)(H,38,39)/b21-20+. The van der Waals surface area contributed by atoms with Crippen LogP contribution >= 0.6 is 0 Å². The van der Waals surface area contributed by atoms with Crippen molar-refractivity contribution in [3.63, 3.8) is 0 Å². The maximum atomic E-state index is 14.0. The van der Waals surface area contributed by atoms with Crippen molar-refractivity contribution in [3.05, 3.63) is 108 Å². The number of aliphatic hydroxyl groups is 1. The van der Waals surface area contributed by atoms with Crippen LogP contribution in [0.15, 0.2) is 91.0 Å². The van der Waals surface area contributed by atoms with Crippen LogP contribution in [-0.4, -0.2) is 32.8 Å². The van der Waals surface area contributed by atoms with Crippen molar-refractivity contribution < 1.29 is 24.2 Å². The van der Waals surface area contributed by atoms with Crippen LogP contribution in [0.5, 0.6) is 0 Å². The highest BCUT2D eigenvalue weighted by Gasteiger charge is 2.30. The molecule has 3 N–H and O–H groups in total. The summed E-state index contributed by atoms with van der Waals surface area (Å²) in [6.45, 7) is 3.98. The second-order valence-electron chi connectivity index (χ2n) is 9.90. The van der Waals surface area contributed by atoms with Crippen LogP contribution in [0.4, 0.5) is 10.1 Å². The van der Waals surface area contributed by atoms with Crippen molar-refractivity contribution in [1.82, 2.24) is 4.57 Å². The van der Waals surface area contributed by atoms with E-state index in [0.29, 0.717) is 34.5 Å². The lowest BCUT2D eigenvalue weighted by Gasteiger charge is -2.14. The highest BCUT2D eigenvalue weighted by atomic mass is 19.1. The largest absolute Gasteiger partial charge is 0.481 e. The summed E-state index contributed by atoms with van der Waals surface area (Å²) in [7, 11) is 0. The topological polar surface area (TPSA) is 91.6 Å². The fourth-order valence-corrected chi connectivity index (χ4v) is 4.80. The van der Waals surface area contributed by atoms with Crippen LogP contribution in [0.25, 0.3) is 28.6 Å². The van der Waals surface area contributed by atoms with E-state index >= 15 is 0 Å². The molecule has 1 heterocycles. The first-order valence-electron chi connectivity index (χ1n) is 13.3. The third-order valence-electron chi connectivity index (χ3n) is 6.58. The lowest BCUT2D eigenvalue weighted by Crippen LogP contribution is -2.15. The summed E-state index contributed by atoms with van der Waals surface area (Å²) in [5, 5.41) is 22.6. The Balaban J connectivity index is 1.95. The van der Waals surface area contributed by atoms with Gasteiger partial charge in [0.2, 0.25) is 0 Å². The Morgan fingerprint density at radius 1 is 0.925 bits per heavy atom. The van der Waals surface area contributed by atoms with E-state index in [1.807, 2.05) is 79.1 Å². The molecule has 0 aliphatic heterocycles. The van der Waals surface area contributed by atoms with Gasteiger partial charge in [0, 0.05) is 29.6 Å². The quantitative estimate of drug-likeness (QED) is 0.185. The molecule has 7 heteroatoms. The minimum Gasteiger partial charge on any atom is -0.481 e. The van der Waals surface area contributed by atoms with Crippen LogP contribution in [0.2, 0.25) is 0 Å². The first-order valence-corrected chi connectivity index (χ1v) is 13.3. The molecule has 1 aromatic heterocycles. The molecule has 1 amide bonds. The number of benzene rings is 3. The maximum Gasteiger partial charge on any atom is 0.303 e. The number of carboxylic acids is 1. The number of hydrogen-bond acceptors (Lipinski definition) is 3. The van der Waals surface area contributed by atoms with Crippen molar-refractivity contribution >= 4 is 23.8 Å². The molecule has 6 nitrogen and oxygen atoms in total. The molecule has 206 valence electrons. The number of aliphatic carboxylic acids is 1. The highest BCUT2D eigenvalue weighted by molar-refractivity contribution is 6.12. The van der Waals surface area contributed by atoms with Gasteiger partial charge in [-0.1, -0.05) is 62.4 Å². The van der Waals surface area contributed by atoms with Gasteiger partial charge in [0.1, 0.15) is 5.82 Å². The van der Waals surface area contributed by atoms with Crippen molar-refractivity contribution in [3.8, 4) is 22.4 Å². The van der Waals surface area contributed by atoms with Gasteiger partial charge in [-0.15, -0.1) is 0 Å². The summed E-state index contributed by atoms with van der Waals surface area (Å²) in [4.78, 5) is 24.9. The summed E-state index contributed by atoms with van der Waals surface area (Å²) in [5.74, 6) is -1.68. The number of para-hydroxylation sites is 1. The molecule has 0 radical (unpaired) electrons. The second kappa shape index (κ2) is 13.0. The number of carbonyl (C=O) groups is 2. The summed E-state index contributed by atoms with van der Waals surface area (Å²) < 4.78 is 15.9. The number of carbonyl (C=O) groups excluding carboxylic acids is 1. The predicted octanol–water partition coefficient (Wildman–Crippen LogP) is 7.42. The smallest absolute Gasteiger partial charge is 0.303 e. The molecule has 0 fully saturated rings. The van der Waals surface area contributed by atoms with Crippen LogP contribution in [0, 0.1) is 5.82 Å². The van der Waals surface area contributed by atoms with Crippen molar-refractivity contribution in [1.29, 1.82) is 0 Å². The zero-order valence-electron chi connectivity index (χ0n) is 22.5. The van der Waals surface area contributed by atoms with E-state index in [1.165, 1.54) is 12.1 Å². The van der Waals surface area contributed by atoms with Gasteiger partial charge in [0.25, 0.3) is 5.91 Å². The average molecular weight is 541 g/mol. The van der Waals surface area contributed by atoms with Gasteiger partial charge in [0.15, 0.2) is 0 Å². The van der Waals surface area contributed by atoms with Crippen LogP contribution < -0.4 is 5.32 Å². The van der Waals surface area contributed by atoms with E-state index < -0.39 is 12.1 Å². The first kappa shape index (κ1) is 28.5. The zero-order valence-corrected chi connectivity index (χ0v) is 22.5. The monoisotopic (exact) mass is 540 g/mol. The molecule has 4 rings (SSSR count). The number of nitrogens with zero attached hydrogens (tertiary/aromatic N) is 1. The SMILES string of the molecule is CC(C)c1c(C(=O)Nc2ccccc2)c(-c2ccccc2)c(-c2ccc(F)cc2)n1/C=C/C(O)CCCC(=O)O. The number of hydrogen-bond donors (Lipinski definition) is 3. The molecule has 4 aromatic rings. The molecule has 40 heavy (non-hydrogen) atoms. The van der Waals surface area contributed by atoms with Gasteiger partial charge in [-0.05, 0) is 72.4 Å². The molecule has 0 spiro atoms. The summed E-state index contributed by atoms with van der Waals surface area (Å²) in [6.07, 6.45) is 3.02. The maximum absolute atomic E-state index is 14.0. The number of amides is 1. The number of aliphatic hydroxyl groups excluding tert-OH is 1. The highest BCUT2D eigenvalue weighted by Crippen LogP contribution is 2.42. The molecule has 0 aliphatic carbocycles. The molecular weight excluding hydrogens is 507 g/mol. The zero-order chi connectivity index (χ0) is 28.6. The molecule has 0 saturated carbocycles. The average Bonchev–Trinajstić information content (AvgIpc) is 3.29. The van der Waals surface area contributed by atoms with E-state index in [4.69, 9.17) is 5.11 Å². The van der Waals surface area contributed by atoms with Crippen LogP contribution in [0.3, 0.4) is 0 Å². The lowest BCUT2D eigenvalue weighted by molar-refractivity contribution is -0.137. The van der Waals surface area contributed by atoms with Gasteiger partial charge in [-0.25, -0.2) is 4.39 Å².